The predicted molar refractivity (Wildman–Crippen MR) is 51.3 cm³/mol. The fourth-order valence-electron chi connectivity index (χ4n) is 2.30. The summed E-state index contributed by atoms with van der Waals surface area (Å²) >= 11 is 0. The monoisotopic (exact) mass is 194 g/mol. The molecule has 1 aliphatic carbocycles. The number of carbonyl (C=O) groups is 1. The number of fused-ring (bicyclic) bond motifs is 1. The second-order valence-corrected chi connectivity index (χ2v) is 3.90. The molecule has 0 amide bonds. The average molecular weight is 194 g/mol. The van der Waals surface area contributed by atoms with E-state index >= 15 is 0 Å². The molecule has 0 fully saturated rings. The SMILES string of the molecule is Cc1[nH]nc2c1C(CC(=O)O)CCC2. The molecule has 1 heterocycles. The number of aromatic amines is 1. The van der Waals surface area contributed by atoms with Crippen molar-refractivity contribution in [2.45, 2.75) is 38.5 Å². The number of H-pyrrole nitrogens is 1. The molecular formula is C10H14N2O2. The number of aryl methyl sites for hydroxylation is 2. The average Bonchev–Trinajstić information content (AvgIpc) is 2.48. The van der Waals surface area contributed by atoms with Gasteiger partial charge in [0.25, 0.3) is 0 Å². The summed E-state index contributed by atoms with van der Waals surface area (Å²) in [5.41, 5.74) is 3.25. The summed E-state index contributed by atoms with van der Waals surface area (Å²) in [5.74, 6) is -0.557. The molecule has 4 nitrogen and oxygen atoms in total. The minimum Gasteiger partial charge on any atom is -0.481 e. The second-order valence-electron chi connectivity index (χ2n) is 3.90. The molecule has 1 aromatic heterocycles. The molecule has 14 heavy (non-hydrogen) atoms. The first-order chi connectivity index (χ1) is 6.68. The summed E-state index contributed by atoms with van der Waals surface area (Å²) in [5, 5.41) is 15.9. The van der Waals surface area contributed by atoms with Crippen LogP contribution in [0.5, 0.6) is 0 Å². The van der Waals surface area contributed by atoms with Crippen LogP contribution in [0.25, 0.3) is 0 Å². The first-order valence-electron chi connectivity index (χ1n) is 4.94. The van der Waals surface area contributed by atoms with E-state index in [4.69, 9.17) is 5.11 Å². The van der Waals surface area contributed by atoms with Crippen molar-refractivity contribution in [3.8, 4) is 0 Å². The maximum absolute atomic E-state index is 10.7. The van der Waals surface area contributed by atoms with Crippen LogP contribution in [-0.2, 0) is 11.2 Å². The topological polar surface area (TPSA) is 66.0 Å². The Labute approximate surface area is 82.3 Å². The Balaban J connectivity index is 2.29. The largest absolute Gasteiger partial charge is 0.481 e. The van der Waals surface area contributed by atoms with E-state index in [-0.39, 0.29) is 12.3 Å². The molecule has 1 aromatic rings. The third-order valence-corrected chi connectivity index (χ3v) is 2.87. The standard InChI is InChI=1S/C10H14N2O2/c1-6-10-7(5-9(13)14)3-2-4-8(10)12-11-6/h7H,2-5H2,1H3,(H,11,12)(H,13,14). The fraction of sp³-hybridized carbons (Fsp3) is 0.600. The highest BCUT2D eigenvalue weighted by Crippen LogP contribution is 2.34. The molecule has 0 bridgehead atoms. The van der Waals surface area contributed by atoms with Gasteiger partial charge in [-0.1, -0.05) is 0 Å². The number of carboxylic acid groups (broad SMARTS) is 1. The van der Waals surface area contributed by atoms with E-state index in [0.717, 1.165) is 36.2 Å². The van der Waals surface area contributed by atoms with Crippen LogP contribution in [-0.4, -0.2) is 21.3 Å². The Morgan fingerprint density at radius 3 is 3.21 bits per heavy atom. The Hall–Kier alpha value is -1.32. The molecule has 1 aliphatic rings. The van der Waals surface area contributed by atoms with Crippen molar-refractivity contribution >= 4 is 5.97 Å². The summed E-state index contributed by atoms with van der Waals surface area (Å²) in [4.78, 5) is 10.7. The molecule has 0 aliphatic heterocycles. The van der Waals surface area contributed by atoms with Crippen molar-refractivity contribution < 1.29 is 9.90 Å². The number of carboxylic acids is 1. The zero-order valence-electron chi connectivity index (χ0n) is 8.21. The summed E-state index contributed by atoms with van der Waals surface area (Å²) in [6.07, 6.45) is 3.23. The molecule has 76 valence electrons. The van der Waals surface area contributed by atoms with E-state index in [1.807, 2.05) is 6.92 Å². The van der Waals surface area contributed by atoms with Gasteiger partial charge in [-0.3, -0.25) is 9.89 Å². The molecule has 0 saturated heterocycles. The van der Waals surface area contributed by atoms with Gasteiger partial charge in [-0.2, -0.15) is 5.10 Å². The van der Waals surface area contributed by atoms with Crippen molar-refractivity contribution in [2.24, 2.45) is 0 Å². The van der Waals surface area contributed by atoms with Gasteiger partial charge in [-0.15, -0.1) is 0 Å². The van der Waals surface area contributed by atoms with Crippen LogP contribution >= 0.6 is 0 Å². The maximum Gasteiger partial charge on any atom is 0.303 e. The first kappa shape index (κ1) is 9.24. The van der Waals surface area contributed by atoms with Gasteiger partial charge in [0, 0.05) is 5.69 Å². The summed E-state index contributed by atoms with van der Waals surface area (Å²) in [7, 11) is 0. The van der Waals surface area contributed by atoms with Crippen molar-refractivity contribution in [3.63, 3.8) is 0 Å². The summed E-state index contributed by atoms with van der Waals surface area (Å²) in [6.45, 7) is 1.96. The lowest BCUT2D eigenvalue weighted by Gasteiger charge is -2.20. The third kappa shape index (κ3) is 1.52. The molecule has 1 unspecified atom stereocenters. The van der Waals surface area contributed by atoms with Gasteiger partial charge in [0.05, 0.1) is 12.1 Å². The Kier molecular flexibility index (Phi) is 2.27. The van der Waals surface area contributed by atoms with Crippen molar-refractivity contribution in [1.29, 1.82) is 0 Å². The van der Waals surface area contributed by atoms with E-state index in [1.54, 1.807) is 0 Å². The van der Waals surface area contributed by atoms with Crippen LogP contribution < -0.4 is 0 Å². The van der Waals surface area contributed by atoms with E-state index in [1.165, 1.54) is 0 Å². The molecule has 2 N–H and O–H groups in total. The predicted octanol–water partition coefficient (Wildman–Crippen LogP) is 1.61. The van der Waals surface area contributed by atoms with Crippen LogP contribution in [0.2, 0.25) is 0 Å². The normalized spacial score (nSPS) is 20.5. The number of hydrogen-bond acceptors (Lipinski definition) is 2. The van der Waals surface area contributed by atoms with E-state index in [9.17, 15) is 4.79 Å². The van der Waals surface area contributed by atoms with Gasteiger partial charge < -0.3 is 5.11 Å². The quantitative estimate of drug-likeness (QED) is 0.751. The highest BCUT2D eigenvalue weighted by molar-refractivity contribution is 5.68. The molecule has 0 saturated carbocycles. The Bertz CT molecular complexity index is 357. The zero-order chi connectivity index (χ0) is 10.1. The van der Waals surface area contributed by atoms with Gasteiger partial charge in [0.2, 0.25) is 0 Å². The first-order valence-corrected chi connectivity index (χ1v) is 4.94. The van der Waals surface area contributed by atoms with Crippen LogP contribution in [0.15, 0.2) is 0 Å². The van der Waals surface area contributed by atoms with Crippen LogP contribution in [0.1, 0.15) is 42.1 Å². The van der Waals surface area contributed by atoms with Gasteiger partial charge in [-0.05, 0) is 37.7 Å². The molecule has 4 heteroatoms. The van der Waals surface area contributed by atoms with E-state index in [0.29, 0.717) is 0 Å². The van der Waals surface area contributed by atoms with Crippen molar-refractivity contribution in [1.82, 2.24) is 10.2 Å². The Morgan fingerprint density at radius 1 is 1.71 bits per heavy atom. The third-order valence-electron chi connectivity index (χ3n) is 2.87. The second kappa shape index (κ2) is 3.44. The molecule has 0 radical (unpaired) electrons. The number of rotatable bonds is 2. The highest BCUT2D eigenvalue weighted by Gasteiger charge is 2.26. The van der Waals surface area contributed by atoms with Crippen LogP contribution in [0.4, 0.5) is 0 Å². The minimum absolute atomic E-state index is 0.162. The van der Waals surface area contributed by atoms with Gasteiger partial charge in [-0.25, -0.2) is 0 Å². The molecule has 2 rings (SSSR count). The lowest BCUT2D eigenvalue weighted by molar-refractivity contribution is -0.137. The highest BCUT2D eigenvalue weighted by atomic mass is 16.4. The Morgan fingerprint density at radius 2 is 2.50 bits per heavy atom. The van der Waals surface area contributed by atoms with Gasteiger partial charge in [0.1, 0.15) is 0 Å². The van der Waals surface area contributed by atoms with Gasteiger partial charge >= 0.3 is 5.97 Å². The number of aliphatic carboxylic acids is 1. The number of nitrogens with one attached hydrogen (secondary N) is 1. The van der Waals surface area contributed by atoms with Crippen LogP contribution in [0.3, 0.4) is 0 Å². The van der Waals surface area contributed by atoms with Crippen molar-refractivity contribution in [3.05, 3.63) is 17.0 Å². The lowest BCUT2D eigenvalue weighted by atomic mass is 9.83. The molecular weight excluding hydrogens is 180 g/mol. The minimum atomic E-state index is -0.719. The summed E-state index contributed by atoms with van der Waals surface area (Å²) < 4.78 is 0. The molecule has 0 aromatic carbocycles. The van der Waals surface area contributed by atoms with Crippen molar-refractivity contribution in [2.75, 3.05) is 0 Å². The summed E-state index contributed by atoms with van der Waals surface area (Å²) in [6, 6.07) is 0. The number of aromatic nitrogens is 2. The maximum atomic E-state index is 10.7. The fourth-order valence-corrected chi connectivity index (χ4v) is 2.30. The molecule has 0 spiro atoms. The van der Waals surface area contributed by atoms with E-state index < -0.39 is 5.97 Å². The smallest absolute Gasteiger partial charge is 0.303 e. The molecule has 1 atom stereocenters. The number of nitrogens with zero attached hydrogens (tertiary/aromatic N) is 1. The van der Waals surface area contributed by atoms with Crippen LogP contribution in [0, 0.1) is 6.92 Å². The lowest BCUT2D eigenvalue weighted by Crippen LogP contribution is -2.13. The number of hydrogen-bond donors (Lipinski definition) is 2. The zero-order valence-corrected chi connectivity index (χ0v) is 8.21. The van der Waals surface area contributed by atoms with E-state index in [2.05, 4.69) is 10.2 Å². The van der Waals surface area contributed by atoms with Gasteiger partial charge in [0.15, 0.2) is 0 Å².